The van der Waals surface area contributed by atoms with Crippen LogP contribution < -0.4 is 14.8 Å². The molecule has 0 unspecified atom stereocenters. The molecule has 2 N–H and O–H groups in total. The molecule has 0 amide bonds. The van der Waals surface area contributed by atoms with Gasteiger partial charge in [-0.25, -0.2) is 8.42 Å². The number of benzene rings is 2. The first-order valence-electron chi connectivity index (χ1n) is 9.53. The van der Waals surface area contributed by atoms with E-state index < -0.39 is 15.6 Å². The van der Waals surface area contributed by atoms with E-state index in [1.807, 2.05) is 6.92 Å². The maximum atomic E-state index is 13.0. The Morgan fingerprint density at radius 1 is 1.06 bits per heavy atom. The molecule has 3 aromatic rings. The smallest absolute Gasteiger partial charge is 0.271 e. The Morgan fingerprint density at radius 2 is 1.78 bits per heavy atom. The van der Waals surface area contributed by atoms with Crippen molar-refractivity contribution in [2.45, 2.75) is 23.2 Å². The summed E-state index contributed by atoms with van der Waals surface area (Å²) in [7, 11) is -3.91. The minimum atomic E-state index is -3.91. The number of rotatable bonds is 6. The van der Waals surface area contributed by atoms with Gasteiger partial charge in [-0.2, -0.15) is 0 Å². The second-order valence-electron chi connectivity index (χ2n) is 7.64. The molecule has 2 aromatic carbocycles. The van der Waals surface area contributed by atoms with E-state index in [2.05, 4.69) is 10.0 Å². The van der Waals surface area contributed by atoms with Crippen molar-refractivity contribution >= 4 is 73.5 Å². The number of hydrogen-bond acceptors (Lipinski definition) is 5. The molecule has 2 heterocycles. The summed E-state index contributed by atoms with van der Waals surface area (Å²) < 4.78 is 35.1. The zero-order valence-electron chi connectivity index (χ0n) is 16.7. The number of sulfonamides is 1. The Morgan fingerprint density at radius 3 is 2.44 bits per heavy atom. The standard InChI is InChI=1S/C21H18Cl4N2O3S2/c1-21(4-5-26-11-21)30-18-9-15(2-3-17(18)24)27-32(28,29)19-10-16(20(25)31-19)12-6-13(22)8-14(23)7-12/h2-3,6-10,26-27H,4-5,11H2,1H3/t21-/m1/s1. The Bertz CT molecular complexity index is 1250. The van der Waals surface area contributed by atoms with E-state index in [4.69, 9.17) is 51.1 Å². The van der Waals surface area contributed by atoms with Gasteiger partial charge < -0.3 is 10.1 Å². The van der Waals surface area contributed by atoms with E-state index in [9.17, 15) is 8.42 Å². The fourth-order valence-electron chi connectivity index (χ4n) is 3.38. The van der Waals surface area contributed by atoms with Gasteiger partial charge in [0.05, 0.1) is 10.7 Å². The summed E-state index contributed by atoms with van der Waals surface area (Å²) >= 11 is 25.7. The first-order chi connectivity index (χ1) is 15.0. The van der Waals surface area contributed by atoms with E-state index >= 15 is 0 Å². The van der Waals surface area contributed by atoms with Crippen LogP contribution in [0.2, 0.25) is 19.4 Å². The summed E-state index contributed by atoms with van der Waals surface area (Å²) in [4.78, 5) is 0. The molecule has 1 atom stereocenters. The summed E-state index contributed by atoms with van der Waals surface area (Å²) in [6.07, 6.45) is 0.823. The Hall–Kier alpha value is -1.19. The van der Waals surface area contributed by atoms with Crippen molar-refractivity contribution in [1.29, 1.82) is 0 Å². The quantitative estimate of drug-likeness (QED) is 0.347. The predicted octanol–water partition coefficient (Wildman–Crippen LogP) is 6.96. The molecule has 5 nitrogen and oxygen atoms in total. The summed E-state index contributed by atoms with van der Waals surface area (Å²) in [6.45, 7) is 3.51. The Labute approximate surface area is 210 Å². The van der Waals surface area contributed by atoms with Crippen molar-refractivity contribution in [2.75, 3.05) is 17.8 Å². The summed E-state index contributed by atoms with van der Waals surface area (Å²) in [5, 5.41) is 4.51. The number of thiophene rings is 1. The predicted molar refractivity (Wildman–Crippen MR) is 134 cm³/mol. The Balaban J connectivity index is 1.60. The first kappa shape index (κ1) is 24.0. The average molecular weight is 552 g/mol. The van der Waals surface area contributed by atoms with Crippen molar-refractivity contribution in [3.05, 3.63) is 61.9 Å². The lowest BCUT2D eigenvalue weighted by Crippen LogP contribution is -2.34. The molecule has 0 bridgehead atoms. The third-order valence-corrected chi connectivity index (χ3v) is 8.93. The molecule has 0 spiro atoms. The molecular formula is C21H18Cl4N2O3S2. The highest BCUT2D eigenvalue weighted by Gasteiger charge is 2.31. The fourth-order valence-corrected chi connectivity index (χ4v) is 6.88. The van der Waals surface area contributed by atoms with Gasteiger partial charge in [0.2, 0.25) is 0 Å². The molecule has 1 fully saturated rings. The summed E-state index contributed by atoms with van der Waals surface area (Å²) in [5.41, 5.74) is 1.08. The van der Waals surface area contributed by atoms with Crippen molar-refractivity contribution in [2.24, 2.45) is 0 Å². The monoisotopic (exact) mass is 550 g/mol. The van der Waals surface area contributed by atoms with E-state index in [0.29, 0.717) is 48.5 Å². The van der Waals surface area contributed by atoms with E-state index in [-0.39, 0.29) is 4.21 Å². The van der Waals surface area contributed by atoms with Gasteiger partial charge in [-0.15, -0.1) is 11.3 Å². The number of halogens is 4. The molecule has 1 saturated heterocycles. The zero-order valence-corrected chi connectivity index (χ0v) is 21.4. The maximum Gasteiger partial charge on any atom is 0.271 e. The van der Waals surface area contributed by atoms with Crippen LogP contribution in [-0.2, 0) is 10.0 Å². The van der Waals surface area contributed by atoms with Crippen LogP contribution >= 0.6 is 57.7 Å². The van der Waals surface area contributed by atoms with Gasteiger partial charge in [0.15, 0.2) is 0 Å². The van der Waals surface area contributed by atoms with Crippen LogP contribution in [0.3, 0.4) is 0 Å². The zero-order chi connectivity index (χ0) is 23.1. The highest BCUT2D eigenvalue weighted by Crippen LogP contribution is 2.40. The molecule has 0 aliphatic carbocycles. The van der Waals surface area contributed by atoms with Crippen LogP contribution in [0, 0.1) is 0 Å². The SMILES string of the molecule is C[C@@]1(Oc2cc(NS(=O)(=O)c3cc(-c4cc(Cl)cc(Cl)c4)c(Cl)s3)ccc2Cl)CCNC1. The minimum Gasteiger partial charge on any atom is -0.485 e. The molecule has 0 radical (unpaired) electrons. The molecule has 11 heteroatoms. The van der Waals surface area contributed by atoms with Crippen molar-refractivity contribution in [1.82, 2.24) is 5.32 Å². The van der Waals surface area contributed by atoms with Gasteiger partial charge in [-0.05, 0) is 55.4 Å². The number of nitrogens with one attached hydrogen (secondary N) is 2. The minimum absolute atomic E-state index is 0.0537. The molecular weight excluding hydrogens is 534 g/mol. The van der Waals surface area contributed by atoms with Crippen LogP contribution in [0.4, 0.5) is 5.69 Å². The third-order valence-electron chi connectivity index (χ3n) is 4.97. The van der Waals surface area contributed by atoms with Crippen LogP contribution in [-0.4, -0.2) is 27.1 Å². The van der Waals surface area contributed by atoms with Crippen LogP contribution in [0.15, 0.2) is 46.7 Å². The molecule has 170 valence electrons. The van der Waals surface area contributed by atoms with Gasteiger partial charge in [-0.1, -0.05) is 46.4 Å². The molecule has 1 aliphatic heterocycles. The normalized spacial score (nSPS) is 18.7. The van der Waals surface area contributed by atoms with Gasteiger partial charge in [0.1, 0.15) is 19.9 Å². The maximum absolute atomic E-state index is 13.0. The lowest BCUT2D eigenvalue weighted by Gasteiger charge is -2.25. The van der Waals surface area contributed by atoms with Crippen LogP contribution in [0.1, 0.15) is 13.3 Å². The highest BCUT2D eigenvalue weighted by molar-refractivity contribution is 7.94. The molecule has 1 aromatic heterocycles. The topological polar surface area (TPSA) is 67.4 Å². The average Bonchev–Trinajstić information content (AvgIpc) is 3.30. The fraction of sp³-hybridized carbons (Fsp3) is 0.238. The second-order valence-corrected chi connectivity index (χ2v) is 12.5. The number of anilines is 1. The van der Waals surface area contributed by atoms with Crippen molar-refractivity contribution in [3.63, 3.8) is 0 Å². The van der Waals surface area contributed by atoms with Crippen molar-refractivity contribution < 1.29 is 13.2 Å². The molecule has 32 heavy (non-hydrogen) atoms. The Kier molecular flexibility index (Phi) is 6.90. The van der Waals surface area contributed by atoms with E-state index in [1.54, 1.807) is 36.4 Å². The van der Waals surface area contributed by atoms with E-state index in [0.717, 1.165) is 24.3 Å². The molecule has 4 rings (SSSR count). The van der Waals surface area contributed by atoms with Gasteiger partial charge in [0, 0.05) is 34.6 Å². The second kappa shape index (κ2) is 9.22. The van der Waals surface area contributed by atoms with Crippen molar-refractivity contribution in [3.8, 4) is 16.9 Å². The first-order valence-corrected chi connectivity index (χ1v) is 13.3. The van der Waals surface area contributed by atoms with Crippen LogP contribution in [0.25, 0.3) is 11.1 Å². The summed E-state index contributed by atoms with van der Waals surface area (Å²) in [6, 6.07) is 11.2. The number of hydrogen-bond donors (Lipinski definition) is 2. The number of ether oxygens (including phenoxy) is 1. The lowest BCUT2D eigenvalue weighted by atomic mass is 10.1. The molecule has 1 aliphatic rings. The largest absolute Gasteiger partial charge is 0.485 e. The van der Waals surface area contributed by atoms with Gasteiger partial charge >= 0.3 is 0 Å². The van der Waals surface area contributed by atoms with Gasteiger partial charge in [0.25, 0.3) is 10.0 Å². The highest BCUT2D eigenvalue weighted by atomic mass is 35.5. The van der Waals surface area contributed by atoms with Crippen LogP contribution in [0.5, 0.6) is 5.75 Å². The lowest BCUT2D eigenvalue weighted by molar-refractivity contribution is 0.111. The summed E-state index contributed by atoms with van der Waals surface area (Å²) in [5.74, 6) is 0.413. The molecule has 0 saturated carbocycles. The third kappa shape index (κ3) is 5.30. The van der Waals surface area contributed by atoms with Gasteiger partial charge in [-0.3, -0.25) is 4.72 Å². The van der Waals surface area contributed by atoms with E-state index in [1.165, 1.54) is 6.07 Å².